The van der Waals surface area contributed by atoms with E-state index in [9.17, 15) is 13.6 Å². The third kappa shape index (κ3) is 5.50. The molecule has 0 bridgehead atoms. The lowest BCUT2D eigenvalue weighted by Crippen LogP contribution is -2.35. The molecule has 7 heteroatoms. The fourth-order valence-electron chi connectivity index (χ4n) is 1.57. The number of benzene rings is 1. The number of hydrogen-bond acceptors (Lipinski definition) is 4. The van der Waals surface area contributed by atoms with Crippen LogP contribution < -0.4 is 15.8 Å². The first-order valence-corrected chi connectivity index (χ1v) is 6.13. The Labute approximate surface area is 116 Å². The van der Waals surface area contributed by atoms with Crippen LogP contribution in [-0.2, 0) is 9.53 Å². The molecule has 1 amide bonds. The van der Waals surface area contributed by atoms with Gasteiger partial charge in [-0.25, -0.2) is 0 Å². The molecular formula is C13H18F2N2O3. The number of anilines is 1. The Morgan fingerprint density at radius 1 is 1.40 bits per heavy atom. The molecule has 3 N–H and O–H groups in total. The molecule has 0 fully saturated rings. The number of hydrogen-bond donors (Lipinski definition) is 2. The fourth-order valence-corrected chi connectivity index (χ4v) is 1.57. The highest BCUT2D eigenvalue weighted by molar-refractivity contribution is 5.95. The molecule has 112 valence electrons. The van der Waals surface area contributed by atoms with E-state index < -0.39 is 18.6 Å². The zero-order valence-electron chi connectivity index (χ0n) is 11.1. The summed E-state index contributed by atoms with van der Waals surface area (Å²) in [4.78, 5) is 11.8. The molecule has 0 radical (unpaired) electrons. The Balaban J connectivity index is 2.60. The van der Waals surface area contributed by atoms with Gasteiger partial charge in [-0.15, -0.1) is 0 Å². The predicted octanol–water partition coefficient (Wildman–Crippen LogP) is 1.98. The van der Waals surface area contributed by atoms with Crippen LogP contribution in [-0.4, -0.2) is 32.3 Å². The Morgan fingerprint density at radius 2 is 2.10 bits per heavy atom. The van der Waals surface area contributed by atoms with Gasteiger partial charge in [-0.1, -0.05) is 12.1 Å². The number of amides is 1. The average Bonchev–Trinajstić information content (AvgIpc) is 2.40. The number of rotatable bonds is 8. The maximum atomic E-state index is 12.2. The van der Waals surface area contributed by atoms with E-state index in [1.54, 1.807) is 13.2 Å². The summed E-state index contributed by atoms with van der Waals surface area (Å²) in [6.45, 7) is -2.45. The lowest BCUT2D eigenvalue weighted by molar-refractivity contribution is -0.117. The number of para-hydroxylation sites is 2. The van der Waals surface area contributed by atoms with Crippen LogP contribution in [0.2, 0.25) is 0 Å². The van der Waals surface area contributed by atoms with E-state index in [1.165, 1.54) is 18.2 Å². The first kappa shape index (κ1) is 16.3. The lowest BCUT2D eigenvalue weighted by atomic mass is 10.1. The topological polar surface area (TPSA) is 73.6 Å². The van der Waals surface area contributed by atoms with Crippen molar-refractivity contribution in [1.82, 2.24) is 0 Å². The van der Waals surface area contributed by atoms with Crippen molar-refractivity contribution < 1.29 is 23.0 Å². The van der Waals surface area contributed by atoms with E-state index >= 15 is 0 Å². The van der Waals surface area contributed by atoms with Crippen molar-refractivity contribution in [1.29, 1.82) is 0 Å². The molecule has 0 spiro atoms. The number of halogens is 2. The Hall–Kier alpha value is -1.73. The van der Waals surface area contributed by atoms with Gasteiger partial charge in [0.2, 0.25) is 5.91 Å². The quantitative estimate of drug-likeness (QED) is 0.717. The number of carbonyl (C=O) groups is 1. The number of nitrogens with one attached hydrogen (secondary N) is 1. The summed E-state index contributed by atoms with van der Waals surface area (Å²) in [5, 5.41) is 2.48. The molecule has 1 atom stereocenters. The molecule has 0 aliphatic carbocycles. The molecule has 0 saturated heterocycles. The van der Waals surface area contributed by atoms with Gasteiger partial charge >= 0.3 is 6.61 Å². The van der Waals surface area contributed by atoms with Gasteiger partial charge < -0.3 is 20.5 Å². The molecule has 0 saturated carbocycles. The minimum atomic E-state index is -2.96. The molecule has 0 aliphatic rings. The van der Waals surface area contributed by atoms with Crippen molar-refractivity contribution in [3.8, 4) is 5.75 Å². The third-order valence-electron chi connectivity index (χ3n) is 2.56. The molecule has 20 heavy (non-hydrogen) atoms. The highest BCUT2D eigenvalue weighted by atomic mass is 19.3. The van der Waals surface area contributed by atoms with Crippen molar-refractivity contribution in [2.45, 2.75) is 25.5 Å². The van der Waals surface area contributed by atoms with Gasteiger partial charge in [0.15, 0.2) is 0 Å². The second kappa shape index (κ2) is 8.44. The molecule has 0 aliphatic heterocycles. The van der Waals surface area contributed by atoms with Crippen LogP contribution in [0.25, 0.3) is 0 Å². The van der Waals surface area contributed by atoms with Crippen molar-refractivity contribution in [3.05, 3.63) is 24.3 Å². The molecule has 1 aromatic carbocycles. The third-order valence-corrected chi connectivity index (χ3v) is 2.56. The van der Waals surface area contributed by atoms with Gasteiger partial charge in [-0.3, -0.25) is 4.79 Å². The standard InChI is InChI=1S/C13H18F2N2O3/c1-19-8-4-5-9(16)12(18)17-10-6-2-3-7-11(10)20-13(14)15/h2-3,6-7,9,13H,4-5,8,16H2,1H3,(H,17,18). The number of alkyl halides is 2. The van der Waals surface area contributed by atoms with Crippen LogP contribution in [0.3, 0.4) is 0 Å². The van der Waals surface area contributed by atoms with Crippen LogP contribution >= 0.6 is 0 Å². The molecule has 1 unspecified atom stereocenters. The van der Waals surface area contributed by atoms with E-state index in [0.717, 1.165) is 0 Å². The van der Waals surface area contributed by atoms with Crippen molar-refractivity contribution in [3.63, 3.8) is 0 Å². The molecule has 1 rings (SSSR count). The highest BCUT2D eigenvalue weighted by Gasteiger charge is 2.16. The van der Waals surface area contributed by atoms with Crippen LogP contribution in [0.4, 0.5) is 14.5 Å². The summed E-state index contributed by atoms with van der Waals surface area (Å²) in [7, 11) is 1.56. The summed E-state index contributed by atoms with van der Waals surface area (Å²) in [5.74, 6) is -0.550. The van der Waals surface area contributed by atoms with Gasteiger partial charge in [-0.2, -0.15) is 8.78 Å². The number of carbonyl (C=O) groups excluding carboxylic acids is 1. The second-order valence-corrected chi connectivity index (χ2v) is 4.11. The lowest BCUT2D eigenvalue weighted by Gasteiger charge is -2.15. The van der Waals surface area contributed by atoms with Gasteiger partial charge in [0.1, 0.15) is 5.75 Å². The Kier molecular flexibility index (Phi) is 6.89. The van der Waals surface area contributed by atoms with Crippen LogP contribution in [0, 0.1) is 0 Å². The zero-order valence-corrected chi connectivity index (χ0v) is 11.1. The molecule has 0 aromatic heterocycles. The van der Waals surface area contributed by atoms with Gasteiger partial charge in [0.05, 0.1) is 11.7 Å². The molecule has 1 aromatic rings. The molecule has 5 nitrogen and oxygen atoms in total. The molecular weight excluding hydrogens is 270 g/mol. The summed E-state index contributed by atoms with van der Waals surface area (Å²) in [6, 6.07) is 5.22. The Morgan fingerprint density at radius 3 is 2.75 bits per heavy atom. The average molecular weight is 288 g/mol. The summed E-state index contributed by atoms with van der Waals surface area (Å²) < 4.78 is 33.6. The maximum Gasteiger partial charge on any atom is 0.387 e. The zero-order chi connectivity index (χ0) is 15.0. The van der Waals surface area contributed by atoms with E-state index in [1.807, 2.05) is 0 Å². The summed E-state index contributed by atoms with van der Waals surface area (Å²) in [6.07, 6.45) is 1.08. The highest BCUT2D eigenvalue weighted by Crippen LogP contribution is 2.25. The first-order valence-electron chi connectivity index (χ1n) is 6.13. The maximum absolute atomic E-state index is 12.2. The van der Waals surface area contributed by atoms with Crippen molar-refractivity contribution in [2.24, 2.45) is 5.73 Å². The smallest absolute Gasteiger partial charge is 0.387 e. The number of ether oxygens (including phenoxy) is 2. The minimum Gasteiger partial charge on any atom is -0.433 e. The van der Waals surface area contributed by atoms with Crippen molar-refractivity contribution >= 4 is 11.6 Å². The monoisotopic (exact) mass is 288 g/mol. The number of methoxy groups -OCH3 is 1. The van der Waals surface area contributed by atoms with Crippen LogP contribution in [0.5, 0.6) is 5.75 Å². The Bertz CT molecular complexity index is 430. The summed E-state index contributed by atoms with van der Waals surface area (Å²) in [5.41, 5.74) is 5.87. The van der Waals surface area contributed by atoms with E-state index in [4.69, 9.17) is 10.5 Å². The van der Waals surface area contributed by atoms with E-state index in [-0.39, 0.29) is 11.4 Å². The van der Waals surface area contributed by atoms with Gasteiger partial charge in [-0.05, 0) is 25.0 Å². The largest absolute Gasteiger partial charge is 0.433 e. The predicted molar refractivity (Wildman–Crippen MR) is 70.8 cm³/mol. The van der Waals surface area contributed by atoms with E-state index in [0.29, 0.717) is 19.4 Å². The molecule has 0 heterocycles. The van der Waals surface area contributed by atoms with Gasteiger partial charge in [0.25, 0.3) is 0 Å². The van der Waals surface area contributed by atoms with E-state index in [2.05, 4.69) is 10.1 Å². The van der Waals surface area contributed by atoms with Crippen LogP contribution in [0.15, 0.2) is 24.3 Å². The fraction of sp³-hybridized carbons (Fsp3) is 0.462. The normalized spacial score (nSPS) is 12.2. The second-order valence-electron chi connectivity index (χ2n) is 4.11. The number of nitrogens with two attached hydrogens (primary N) is 1. The van der Waals surface area contributed by atoms with Gasteiger partial charge in [0, 0.05) is 13.7 Å². The first-order chi connectivity index (χ1) is 9.54. The van der Waals surface area contributed by atoms with Crippen molar-refractivity contribution in [2.75, 3.05) is 19.0 Å². The SMILES string of the molecule is COCCCC(N)C(=O)Nc1ccccc1OC(F)F. The summed E-state index contributed by atoms with van der Waals surface area (Å²) >= 11 is 0. The van der Waals surface area contributed by atoms with Crippen LogP contribution in [0.1, 0.15) is 12.8 Å². The minimum absolute atomic E-state index is 0.0973.